The molecule has 0 unspecified atom stereocenters. The molecule has 0 aliphatic heterocycles. The lowest BCUT2D eigenvalue weighted by Gasteiger charge is -2.25. The fraction of sp³-hybridized carbons (Fsp3) is 0.350. The van der Waals surface area contributed by atoms with E-state index >= 15 is 0 Å². The Morgan fingerprint density at radius 2 is 1.88 bits per heavy atom. The standard InChI is InChI=1S/C20H21FN4O/c21-16-11-9-15(10-12-16)20(14-5-1-2-6-14)22-19(26)13-25-18-8-4-3-7-17(18)23-24-25/h3-4,7-12,14,20H,1-2,5-6,13H2,(H,22,26)/t20-/m0/s1. The Labute approximate surface area is 151 Å². The average molecular weight is 352 g/mol. The van der Waals surface area contributed by atoms with Crippen molar-refractivity contribution in [2.24, 2.45) is 5.92 Å². The topological polar surface area (TPSA) is 59.8 Å². The van der Waals surface area contributed by atoms with Crippen LogP contribution in [0.5, 0.6) is 0 Å². The number of hydrogen-bond donors (Lipinski definition) is 1. The van der Waals surface area contributed by atoms with E-state index in [0.29, 0.717) is 5.92 Å². The zero-order valence-electron chi connectivity index (χ0n) is 14.4. The van der Waals surface area contributed by atoms with E-state index in [4.69, 9.17) is 0 Å². The van der Waals surface area contributed by atoms with Crippen molar-refractivity contribution in [1.29, 1.82) is 0 Å². The Hall–Kier alpha value is -2.76. The summed E-state index contributed by atoms with van der Waals surface area (Å²) in [5, 5.41) is 11.3. The summed E-state index contributed by atoms with van der Waals surface area (Å²) in [6.07, 6.45) is 4.50. The maximum atomic E-state index is 13.3. The summed E-state index contributed by atoms with van der Waals surface area (Å²) in [7, 11) is 0. The van der Waals surface area contributed by atoms with Crippen LogP contribution in [0.25, 0.3) is 11.0 Å². The molecule has 3 aromatic rings. The zero-order chi connectivity index (χ0) is 17.9. The van der Waals surface area contributed by atoms with Gasteiger partial charge in [-0.15, -0.1) is 5.10 Å². The van der Waals surface area contributed by atoms with Crippen molar-refractivity contribution in [3.63, 3.8) is 0 Å². The Bertz CT molecular complexity index is 900. The molecule has 134 valence electrons. The van der Waals surface area contributed by atoms with Crippen molar-refractivity contribution < 1.29 is 9.18 Å². The molecule has 4 rings (SSSR count). The first kappa shape index (κ1) is 16.7. The van der Waals surface area contributed by atoms with Crippen LogP contribution >= 0.6 is 0 Å². The number of benzene rings is 2. The summed E-state index contributed by atoms with van der Waals surface area (Å²) in [6.45, 7) is 0.116. The molecule has 1 fully saturated rings. The molecular formula is C20H21FN4O. The molecular weight excluding hydrogens is 331 g/mol. The van der Waals surface area contributed by atoms with Gasteiger partial charge in [-0.2, -0.15) is 0 Å². The molecule has 2 aromatic carbocycles. The van der Waals surface area contributed by atoms with Crippen molar-refractivity contribution in [2.75, 3.05) is 0 Å². The summed E-state index contributed by atoms with van der Waals surface area (Å²) in [4.78, 5) is 12.7. The van der Waals surface area contributed by atoms with Crippen LogP contribution in [-0.4, -0.2) is 20.9 Å². The second kappa shape index (κ2) is 7.23. The van der Waals surface area contributed by atoms with Crippen molar-refractivity contribution in [3.8, 4) is 0 Å². The highest BCUT2D eigenvalue weighted by atomic mass is 19.1. The SMILES string of the molecule is O=C(Cn1nnc2ccccc21)N[C@H](c1ccc(F)cc1)C1CCCC1. The molecule has 1 atom stereocenters. The summed E-state index contributed by atoms with van der Waals surface area (Å²) >= 11 is 0. The predicted molar refractivity (Wildman–Crippen MR) is 96.8 cm³/mol. The van der Waals surface area contributed by atoms with Gasteiger partial charge in [0.15, 0.2) is 0 Å². The highest BCUT2D eigenvalue weighted by Gasteiger charge is 2.28. The zero-order valence-corrected chi connectivity index (χ0v) is 14.4. The van der Waals surface area contributed by atoms with Crippen LogP contribution in [0, 0.1) is 11.7 Å². The number of fused-ring (bicyclic) bond motifs is 1. The van der Waals surface area contributed by atoms with Gasteiger partial charge < -0.3 is 5.32 Å². The molecule has 0 saturated heterocycles. The molecule has 5 nitrogen and oxygen atoms in total. The number of nitrogens with zero attached hydrogens (tertiary/aromatic N) is 3. The second-order valence-corrected chi connectivity index (χ2v) is 6.88. The number of halogens is 1. The third-order valence-electron chi connectivity index (χ3n) is 5.13. The minimum absolute atomic E-state index is 0.0969. The Kier molecular flexibility index (Phi) is 4.65. The lowest BCUT2D eigenvalue weighted by atomic mass is 9.91. The number of hydrogen-bond acceptors (Lipinski definition) is 3. The van der Waals surface area contributed by atoms with Crippen LogP contribution in [0.4, 0.5) is 4.39 Å². The first-order chi connectivity index (χ1) is 12.7. The smallest absolute Gasteiger partial charge is 0.242 e. The normalized spacial score (nSPS) is 16.0. The van der Waals surface area contributed by atoms with Crippen LogP contribution in [0.2, 0.25) is 0 Å². The van der Waals surface area contributed by atoms with Gasteiger partial charge >= 0.3 is 0 Å². The average Bonchev–Trinajstić information content (AvgIpc) is 3.31. The lowest BCUT2D eigenvalue weighted by molar-refractivity contribution is -0.123. The highest BCUT2D eigenvalue weighted by Crippen LogP contribution is 2.35. The molecule has 1 heterocycles. The summed E-state index contributed by atoms with van der Waals surface area (Å²) in [6, 6.07) is 13.9. The summed E-state index contributed by atoms with van der Waals surface area (Å²) < 4.78 is 14.9. The number of para-hydroxylation sites is 1. The third kappa shape index (κ3) is 3.45. The molecule has 1 aliphatic carbocycles. The monoisotopic (exact) mass is 352 g/mol. The summed E-state index contributed by atoms with van der Waals surface area (Å²) in [5.41, 5.74) is 2.56. The maximum Gasteiger partial charge on any atom is 0.242 e. The lowest BCUT2D eigenvalue weighted by Crippen LogP contribution is -2.35. The van der Waals surface area contributed by atoms with Gasteiger partial charge in [0.05, 0.1) is 11.6 Å². The Morgan fingerprint density at radius 1 is 1.15 bits per heavy atom. The van der Waals surface area contributed by atoms with Crippen LogP contribution in [0.3, 0.4) is 0 Å². The van der Waals surface area contributed by atoms with E-state index in [1.807, 2.05) is 24.3 Å². The van der Waals surface area contributed by atoms with Gasteiger partial charge in [0.1, 0.15) is 17.9 Å². The number of aromatic nitrogens is 3. The number of amides is 1. The number of carbonyl (C=O) groups is 1. The Balaban J connectivity index is 1.53. The number of nitrogens with one attached hydrogen (secondary N) is 1. The molecule has 6 heteroatoms. The molecule has 0 radical (unpaired) electrons. The fourth-order valence-corrected chi connectivity index (χ4v) is 3.82. The predicted octanol–water partition coefficient (Wildman–Crippen LogP) is 3.62. The van der Waals surface area contributed by atoms with Gasteiger partial charge in [0.2, 0.25) is 5.91 Å². The van der Waals surface area contributed by atoms with Crippen LogP contribution in [-0.2, 0) is 11.3 Å². The first-order valence-electron chi connectivity index (χ1n) is 9.04. The van der Waals surface area contributed by atoms with Gasteiger partial charge in [-0.05, 0) is 48.6 Å². The molecule has 1 N–H and O–H groups in total. The van der Waals surface area contributed by atoms with Crippen molar-refractivity contribution >= 4 is 16.9 Å². The van der Waals surface area contributed by atoms with Crippen molar-refractivity contribution in [3.05, 3.63) is 59.9 Å². The first-order valence-corrected chi connectivity index (χ1v) is 9.04. The number of carbonyl (C=O) groups excluding carboxylic acids is 1. The highest BCUT2D eigenvalue weighted by molar-refractivity contribution is 5.80. The van der Waals surface area contributed by atoms with E-state index in [1.54, 1.807) is 16.8 Å². The van der Waals surface area contributed by atoms with Gasteiger partial charge in [-0.1, -0.05) is 42.3 Å². The molecule has 1 aliphatic rings. The van der Waals surface area contributed by atoms with Gasteiger partial charge in [-0.3, -0.25) is 4.79 Å². The fourth-order valence-electron chi connectivity index (χ4n) is 3.82. The molecule has 0 spiro atoms. The van der Waals surface area contributed by atoms with E-state index in [-0.39, 0.29) is 24.3 Å². The number of rotatable bonds is 5. The van der Waals surface area contributed by atoms with Crippen LogP contribution in [0.15, 0.2) is 48.5 Å². The maximum absolute atomic E-state index is 13.3. The molecule has 1 saturated carbocycles. The summed E-state index contributed by atoms with van der Waals surface area (Å²) in [5.74, 6) is 0.0121. The van der Waals surface area contributed by atoms with Crippen molar-refractivity contribution in [2.45, 2.75) is 38.3 Å². The van der Waals surface area contributed by atoms with Crippen LogP contribution < -0.4 is 5.32 Å². The third-order valence-corrected chi connectivity index (χ3v) is 5.13. The van der Waals surface area contributed by atoms with E-state index in [1.165, 1.54) is 25.0 Å². The van der Waals surface area contributed by atoms with E-state index in [9.17, 15) is 9.18 Å². The van der Waals surface area contributed by atoms with E-state index in [2.05, 4.69) is 15.6 Å². The minimum Gasteiger partial charge on any atom is -0.347 e. The second-order valence-electron chi connectivity index (χ2n) is 6.88. The minimum atomic E-state index is -0.265. The molecule has 1 aromatic heterocycles. The van der Waals surface area contributed by atoms with Crippen molar-refractivity contribution in [1.82, 2.24) is 20.3 Å². The van der Waals surface area contributed by atoms with Gasteiger partial charge in [-0.25, -0.2) is 9.07 Å². The van der Waals surface area contributed by atoms with E-state index in [0.717, 1.165) is 29.4 Å². The van der Waals surface area contributed by atoms with Gasteiger partial charge in [0.25, 0.3) is 0 Å². The molecule has 1 amide bonds. The van der Waals surface area contributed by atoms with Gasteiger partial charge in [0, 0.05) is 0 Å². The van der Waals surface area contributed by atoms with Crippen LogP contribution in [0.1, 0.15) is 37.3 Å². The van der Waals surface area contributed by atoms with E-state index < -0.39 is 0 Å². The largest absolute Gasteiger partial charge is 0.347 e. The quantitative estimate of drug-likeness (QED) is 0.763. The Morgan fingerprint density at radius 3 is 2.65 bits per heavy atom. The molecule has 26 heavy (non-hydrogen) atoms. The molecule has 0 bridgehead atoms.